The molecule has 2 atom stereocenters. The monoisotopic (exact) mass is 329 g/mol. The van der Waals surface area contributed by atoms with E-state index in [0.717, 1.165) is 5.56 Å². The van der Waals surface area contributed by atoms with Gasteiger partial charge in [0.15, 0.2) is 0 Å². The smallest absolute Gasteiger partial charge is 0.307 e. The van der Waals surface area contributed by atoms with E-state index in [1.54, 1.807) is 26.0 Å². The van der Waals surface area contributed by atoms with Gasteiger partial charge in [0.25, 0.3) is 0 Å². The zero-order valence-corrected chi connectivity index (χ0v) is 13.3. The molecular weight excluding hydrogens is 313 g/mol. The first-order valence-electron chi connectivity index (χ1n) is 6.69. The fourth-order valence-corrected chi connectivity index (χ4v) is 3.25. The van der Waals surface area contributed by atoms with Crippen molar-refractivity contribution in [1.82, 2.24) is 5.32 Å². The fraction of sp³-hybridized carbons (Fsp3) is 0.467. The summed E-state index contributed by atoms with van der Waals surface area (Å²) in [6.07, 6.45) is 0.576. The van der Waals surface area contributed by atoms with Gasteiger partial charge in [-0.3, -0.25) is 9.59 Å². The molecule has 0 heterocycles. The molecule has 0 radical (unpaired) electrons. The third-order valence-corrected chi connectivity index (χ3v) is 4.67. The van der Waals surface area contributed by atoms with Gasteiger partial charge in [-0.25, -0.2) is 0 Å². The quantitative estimate of drug-likeness (QED) is 0.872. The summed E-state index contributed by atoms with van der Waals surface area (Å²) in [6, 6.07) is 5.22. The number of carboxylic acid groups (broad SMARTS) is 1. The van der Waals surface area contributed by atoms with Crippen LogP contribution in [0.25, 0.3) is 0 Å². The fourth-order valence-electron chi connectivity index (χ4n) is 2.74. The van der Waals surface area contributed by atoms with Gasteiger partial charge in [0, 0.05) is 16.6 Å². The Kier molecular flexibility index (Phi) is 4.49. The van der Waals surface area contributed by atoms with E-state index in [4.69, 9.17) is 28.3 Å². The first-order chi connectivity index (χ1) is 9.75. The summed E-state index contributed by atoms with van der Waals surface area (Å²) in [6.45, 7) is 4.01. The summed E-state index contributed by atoms with van der Waals surface area (Å²) < 4.78 is 0. The predicted molar refractivity (Wildman–Crippen MR) is 81.6 cm³/mol. The average molecular weight is 330 g/mol. The number of halogens is 2. The molecule has 1 aliphatic rings. The van der Waals surface area contributed by atoms with Crippen LogP contribution in [0.2, 0.25) is 10.0 Å². The zero-order chi connectivity index (χ0) is 15.8. The Labute approximate surface area is 133 Å². The summed E-state index contributed by atoms with van der Waals surface area (Å²) in [5.74, 6) is -2.19. The molecule has 2 rings (SSSR count). The van der Waals surface area contributed by atoms with E-state index >= 15 is 0 Å². The first kappa shape index (κ1) is 16.1. The highest BCUT2D eigenvalue weighted by atomic mass is 35.5. The summed E-state index contributed by atoms with van der Waals surface area (Å²) in [5.41, 5.74) is 0.416. The van der Waals surface area contributed by atoms with Crippen molar-refractivity contribution >= 4 is 35.1 Å². The third kappa shape index (κ3) is 3.33. The topological polar surface area (TPSA) is 66.4 Å². The second-order valence-corrected chi connectivity index (χ2v) is 6.74. The number of rotatable bonds is 5. The number of amides is 1. The van der Waals surface area contributed by atoms with Crippen molar-refractivity contribution < 1.29 is 14.7 Å². The predicted octanol–water partition coefficient (Wildman–Crippen LogP) is 3.01. The molecule has 0 spiro atoms. The Bertz CT molecular complexity index is 586. The van der Waals surface area contributed by atoms with E-state index < -0.39 is 23.2 Å². The summed E-state index contributed by atoms with van der Waals surface area (Å²) >= 11 is 11.9. The van der Waals surface area contributed by atoms with E-state index in [-0.39, 0.29) is 5.91 Å². The highest BCUT2D eigenvalue weighted by Crippen LogP contribution is 2.58. The molecule has 21 heavy (non-hydrogen) atoms. The van der Waals surface area contributed by atoms with Crippen molar-refractivity contribution in [1.29, 1.82) is 0 Å². The van der Waals surface area contributed by atoms with Crippen molar-refractivity contribution in [3.05, 3.63) is 33.8 Å². The van der Waals surface area contributed by atoms with Crippen LogP contribution >= 0.6 is 23.2 Å². The molecule has 1 aliphatic carbocycles. The molecule has 6 heteroatoms. The van der Waals surface area contributed by atoms with E-state index in [1.165, 1.54) is 0 Å². The molecule has 1 saturated carbocycles. The van der Waals surface area contributed by atoms with E-state index in [0.29, 0.717) is 23.0 Å². The lowest BCUT2D eigenvalue weighted by Crippen LogP contribution is -2.29. The summed E-state index contributed by atoms with van der Waals surface area (Å²) in [7, 11) is 0. The largest absolute Gasteiger partial charge is 0.481 e. The van der Waals surface area contributed by atoms with Crippen LogP contribution in [0.3, 0.4) is 0 Å². The molecule has 0 bridgehead atoms. The summed E-state index contributed by atoms with van der Waals surface area (Å²) in [5, 5.41) is 13.0. The van der Waals surface area contributed by atoms with E-state index in [9.17, 15) is 9.59 Å². The maximum Gasteiger partial charge on any atom is 0.307 e. The molecule has 4 nitrogen and oxygen atoms in total. The molecule has 2 unspecified atom stereocenters. The molecule has 1 aromatic carbocycles. The van der Waals surface area contributed by atoms with Gasteiger partial charge in [0.05, 0.1) is 11.8 Å². The van der Waals surface area contributed by atoms with Crippen LogP contribution in [-0.2, 0) is 16.0 Å². The normalized spacial score (nSPS) is 22.7. The molecule has 1 amide bonds. The van der Waals surface area contributed by atoms with Gasteiger partial charge >= 0.3 is 5.97 Å². The SMILES string of the molecule is CC1(C)C(C(=O)O)C1C(=O)NCCc1ccc(Cl)cc1Cl. The van der Waals surface area contributed by atoms with E-state index in [1.807, 2.05) is 6.07 Å². The molecule has 1 fully saturated rings. The molecule has 114 valence electrons. The van der Waals surface area contributed by atoms with Crippen LogP contribution in [0.1, 0.15) is 19.4 Å². The van der Waals surface area contributed by atoms with Gasteiger partial charge in [0.1, 0.15) is 0 Å². The Balaban J connectivity index is 1.87. The average Bonchev–Trinajstić information content (AvgIpc) is 2.95. The van der Waals surface area contributed by atoms with Crippen molar-refractivity contribution in [2.24, 2.45) is 17.3 Å². The minimum absolute atomic E-state index is 0.211. The number of nitrogens with one attached hydrogen (secondary N) is 1. The maximum atomic E-state index is 12.0. The highest BCUT2D eigenvalue weighted by Gasteiger charge is 2.65. The molecule has 0 aliphatic heterocycles. The van der Waals surface area contributed by atoms with Crippen LogP contribution < -0.4 is 5.32 Å². The van der Waals surface area contributed by atoms with Crippen LogP contribution in [0.4, 0.5) is 0 Å². The standard InChI is InChI=1S/C15H17Cl2NO3/c1-15(2)11(12(15)14(20)21)13(19)18-6-5-8-3-4-9(16)7-10(8)17/h3-4,7,11-12H,5-6H2,1-2H3,(H,18,19)(H,20,21). The molecule has 1 aromatic rings. The number of hydrogen-bond donors (Lipinski definition) is 2. The Morgan fingerprint density at radius 1 is 1.29 bits per heavy atom. The van der Waals surface area contributed by atoms with Crippen molar-refractivity contribution in [2.45, 2.75) is 20.3 Å². The van der Waals surface area contributed by atoms with E-state index in [2.05, 4.69) is 5.32 Å². The van der Waals surface area contributed by atoms with Crippen molar-refractivity contribution in [3.8, 4) is 0 Å². The number of carboxylic acids is 1. The van der Waals surface area contributed by atoms with Gasteiger partial charge in [-0.1, -0.05) is 43.1 Å². The lowest BCUT2D eigenvalue weighted by Gasteiger charge is -2.07. The Hall–Kier alpha value is -1.26. The third-order valence-electron chi connectivity index (χ3n) is 4.08. The van der Waals surface area contributed by atoms with Gasteiger partial charge in [0.2, 0.25) is 5.91 Å². The maximum absolute atomic E-state index is 12.0. The van der Waals surface area contributed by atoms with Crippen LogP contribution in [-0.4, -0.2) is 23.5 Å². The van der Waals surface area contributed by atoms with Crippen molar-refractivity contribution in [3.63, 3.8) is 0 Å². The number of hydrogen-bond acceptors (Lipinski definition) is 2. The minimum atomic E-state index is -0.916. The lowest BCUT2D eigenvalue weighted by molar-refractivity contribution is -0.140. The molecular formula is C15H17Cl2NO3. The zero-order valence-electron chi connectivity index (χ0n) is 11.8. The molecule has 2 N–H and O–H groups in total. The van der Waals surface area contributed by atoms with Gasteiger partial charge in [-0.2, -0.15) is 0 Å². The number of benzene rings is 1. The highest BCUT2D eigenvalue weighted by molar-refractivity contribution is 6.35. The Morgan fingerprint density at radius 3 is 2.48 bits per heavy atom. The van der Waals surface area contributed by atoms with Gasteiger partial charge < -0.3 is 10.4 Å². The lowest BCUT2D eigenvalue weighted by atomic mass is 10.1. The minimum Gasteiger partial charge on any atom is -0.481 e. The number of carbonyl (C=O) groups excluding carboxylic acids is 1. The Morgan fingerprint density at radius 2 is 1.95 bits per heavy atom. The molecule has 0 aromatic heterocycles. The number of carbonyl (C=O) groups is 2. The van der Waals surface area contributed by atoms with Crippen LogP contribution in [0.15, 0.2) is 18.2 Å². The van der Waals surface area contributed by atoms with Crippen molar-refractivity contribution in [2.75, 3.05) is 6.54 Å². The first-order valence-corrected chi connectivity index (χ1v) is 7.45. The van der Waals surface area contributed by atoms with Gasteiger partial charge in [-0.15, -0.1) is 0 Å². The van der Waals surface area contributed by atoms with Gasteiger partial charge in [-0.05, 0) is 29.5 Å². The number of aliphatic carboxylic acids is 1. The summed E-state index contributed by atoms with van der Waals surface area (Å²) in [4.78, 5) is 23.1. The van der Waals surface area contributed by atoms with Crippen LogP contribution in [0.5, 0.6) is 0 Å². The van der Waals surface area contributed by atoms with Crippen LogP contribution in [0, 0.1) is 17.3 Å². The second kappa shape index (κ2) is 5.85. The molecule has 0 saturated heterocycles. The second-order valence-electron chi connectivity index (χ2n) is 5.89.